The summed E-state index contributed by atoms with van der Waals surface area (Å²) in [6.07, 6.45) is 7.64. The number of hydrogen-bond acceptors (Lipinski definition) is 4. The second-order valence-electron chi connectivity index (χ2n) is 5.87. The van der Waals surface area contributed by atoms with E-state index in [0.29, 0.717) is 0 Å². The maximum atomic E-state index is 12.0. The van der Waals surface area contributed by atoms with Crippen molar-refractivity contribution in [3.05, 3.63) is 16.6 Å². The third-order valence-corrected chi connectivity index (χ3v) is 5.25. The highest BCUT2D eigenvalue weighted by Crippen LogP contribution is 2.40. The molecule has 1 aliphatic carbocycles. The van der Waals surface area contributed by atoms with Crippen molar-refractivity contribution < 1.29 is 9.53 Å². The zero-order valence-corrected chi connectivity index (χ0v) is 13.7. The number of carbonyl (C=O) groups excluding carboxylic acids is 1. The van der Waals surface area contributed by atoms with Crippen molar-refractivity contribution in [2.24, 2.45) is 5.41 Å². The van der Waals surface area contributed by atoms with Gasteiger partial charge >= 0.3 is 6.03 Å². The number of nitrogens with one attached hydrogen (secondary N) is 2. The molecule has 1 saturated carbocycles. The van der Waals surface area contributed by atoms with Gasteiger partial charge in [0.1, 0.15) is 5.01 Å². The van der Waals surface area contributed by atoms with Gasteiger partial charge in [0.2, 0.25) is 0 Å². The van der Waals surface area contributed by atoms with Crippen LogP contribution in [0.3, 0.4) is 0 Å². The van der Waals surface area contributed by atoms with Crippen molar-refractivity contribution in [3.63, 3.8) is 0 Å². The number of amides is 2. The fourth-order valence-corrected chi connectivity index (χ4v) is 3.63. The summed E-state index contributed by atoms with van der Waals surface area (Å²) >= 11 is 1.56. The van der Waals surface area contributed by atoms with Crippen molar-refractivity contribution in [2.75, 3.05) is 20.3 Å². The molecule has 0 bridgehead atoms. The van der Waals surface area contributed by atoms with E-state index < -0.39 is 0 Å². The molecule has 118 valence electrons. The first-order valence-electron chi connectivity index (χ1n) is 7.58. The molecule has 0 saturated heterocycles. The standard InChI is InChI=1S/C15H25N3O2S/c1-12(13-16-8-10-21-13)18-14(19)17-11-15(7-9-20-2)5-3-4-6-15/h8,10,12H,3-7,9,11H2,1-2H3,(H2,17,18,19)/t12-/m1/s1. The summed E-state index contributed by atoms with van der Waals surface area (Å²) in [6, 6.07) is -0.162. The SMILES string of the molecule is COCCC1(CNC(=O)N[C@H](C)c2nccs2)CCCC1. The lowest BCUT2D eigenvalue weighted by Gasteiger charge is -2.29. The van der Waals surface area contributed by atoms with Crippen LogP contribution in [-0.4, -0.2) is 31.3 Å². The molecular weight excluding hydrogens is 286 g/mol. The van der Waals surface area contributed by atoms with Gasteiger partial charge in [0.05, 0.1) is 6.04 Å². The van der Waals surface area contributed by atoms with Crippen molar-refractivity contribution in [3.8, 4) is 0 Å². The van der Waals surface area contributed by atoms with Gasteiger partial charge in [-0.15, -0.1) is 11.3 Å². The molecule has 1 atom stereocenters. The molecular formula is C15H25N3O2S. The van der Waals surface area contributed by atoms with Crippen LogP contribution < -0.4 is 10.6 Å². The number of hydrogen-bond donors (Lipinski definition) is 2. The number of rotatable bonds is 7. The molecule has 2 N–H and O–H groups in total. The van der Waals surface area contributed by atoms with Crippen molar-refractivity contribution in [1.29, 1.82) is 0 Å². The van der Waals surface area contributed by atoms with Crippen LogP contribution in [-0.2, 0) is 4.74 Å². The molecule has 1 aromatic heterocycles. The topological polar surface area (TPSA) is 63.2 Å². The largest absolute Gasteiger partial charge is 0.385 e. The average Bonchev–Trinajstić information content (AvgIpc) is 3.15. The zero-order chi connectivity index (χ0) is 15.1. The Labute approximate surface area is 130 Å². The Kier molecular flexibility index (Phi) is 5.99. The fourth-order valence-electron chi connectivity index (χ4n) is 2.98. The van der Waals surface area contributed by atoms with Gasteiger partial charge in [-0.25, -0.2) is 9.78 Å². The Morgan fingerprint density at radius 1 is 1.52 bits per heavy atom. The molecule has 1 aromatic rings. The molecule has 0 unspecified atom stereocenters. The number of methoxy groups -OCH3 is 1. The Bertz CT molecular complexity index is 430. The molecule has 0 aromatic carbocycles. The maximum Gasteiger partial charge on any atom is 0.315 e. The third kappa shape index (κ3) is 4.68. The molecule has 2 rings (SSSR count). The molecule has 2 amide bonds. The second kappa shape index (κ2) is 7.75. The first-order valence-corrected chi connectivity index (χ1v) is 8.46. The van der Waals surface area contributed by atoms with Gasteiger partial charge in [0, 0.05) is 31.8 Å². The Hall–Kier alpha value is -1.14. The van der Waals surface area contributed by atoms with Crippen molar-refractivity contribution in [1.82, 2.24) is 15.6 Å². The summed E-state index contributed by atoms with van der Waals surface area (Å²) in [5.74, 6) is 0. The van der Waals surface area contributed by atoms with E-state index in [1.807, 2.05) is 12.3 Å². The first kappa shape index (κ1) is 16.2. The lowest BCUT2D eigenvalue weighted by atomic mass is 9.83. The predicted molar refractivity (Wildman–Crippen MR) is 84.5 cm³/mol. The van der Waals surface area contributed by atoms with Gasteiger partial charge in [0.25, 0.3) is 0 Å². The van der Waals surface area contributed by atoms with E-state index >= 15 is 0 Å². The Balaban J connectivity index is 1.79. The maximum absolute atomic E-state index is 12.0. The van der Waals surface area contributed by atoms with Crippen LogP contribution in [0.2, 0.25) is 0 Å². The van der Waals surface area contributed by atoms with Gasteiger partial charge in [-0.2, -0.15) is 0 Å². The van der Waals surface area contributed by atoms with Crippen LogP contribution in [0.15, 0.2) is 11.6 Å². The van der Waals surface area contributed by atoms with E-state index in [2.05, 4.69) is 15.6 Å². The second-order valence-corrected chi connectivity index (χ2v) is 6.80. The molecule has 6 heteroatoms. The number of thiazole rings is 1. The molecule has 1 aliphatic rings. The van der Waals surface area contributed by atoms with Crippen LogP contribution >= 0.6 is 11.3 Å². The molecule has 0 radical (unpaired) electrons. The van der Waals surface area contributed by atoms with E-state index in [-0.39, 0.29) is 17.5 Å². The zero-order valence-electron chi connectivity index (χ0n) is 12.9. The number of ether oxygens (including phenoxy) is 1. The molecule has 1 heterocycles. The number of urea groups is 1. The minimum Gasteiger partial charge on any atom is -0.385 e. The Morgan fingerprint density at radius 2 is 2.29 bits per heavy atom. The minimum atomic E-state index is -0.110. The van der Waals surface area contributed by atoms with Crippen LogP contribution in [0.4, 0.5) is 4.79 Å². The Morgan fingerprint density at radius 3 is 2.90 bits per heavy atom. The number of aromatic nitrogens is 1. The van der Waals surface area contributed by atoms with Crippen LogP contribution in [0, 0.1) is 5.41 Å². The van der Waals surface area contributed by atoms with Crippen molar-refractivity contribution in [2.45, 2.75) is 45.1 Å². The summed E-state index contributed by atoms with van der Waals surface area (Å²) in [7, 11) is 1.73. The minimum absolute atomic E-state index is 0.0523. The average molecular weight is 311 g/mol. The number of nitrogens with zero attached hydrogens (tertiary/aromatic N) is 1. The van der Waals surface area contributed by atoms with Gasteiger partial charge in [0.15, 0.2) is 0 Å². The summed E-state index contributed by atoms with van der Waals surface area (Å²) in [5.41, 5.74) is 0.220. The first-order chi connectivity index (χ1) is 10.2. The van der Waals surface area contributed by atoms with E-state index in [9.17, 15) is 4.79 Å². The van der Waals surface area contributed by atoms with E-state index in [4.69, 9.17) is 4.74 Å². The van der Waals surface area contributed by atoms with E-state index in [1.54, 1.807) is 24.6 Å². The summed E-state index contributed by atoms with van der Waals surface area (Å²) in [5, 5.41) is 8.84. The van der Waals surface area contributed by atoms with Crippen LogP contribution in [0.5, 0.6) is 0 Å². The number of carbonyl (C=O) groups is 1. The molecule has 0 spiro atoms. The third-order valence-electron chi connectivity index (χ3n) is 4.29. The predicted octanol–water partition coefficient (Wildman–Crippen LogP) is 3.10. The van der Waals surface area contributed by atoms with Crippen molar-refractivity contribution >= 4 is 17.4 Å². The lowest BCUT2D eigenvalue weighted by Crippen LogP contribution is -2.43. The van der Waals surface area contributed by atoms with Gasteiger partial charge < -0.3 is 15.4 Å². The molecule has 5 nitrogen and oxygen atoms in total. The molecule has 21 heavy (non-hydrogen) atoms. The van der Waals surface area contributed by atoms with Gasteiger partial charge in [-0.1, -0.05) is 12.8 Å². The van der Waals surface area contributed by atoms with Crippen LogP contribution in [0.1, 0.15) is 50.1 Å². The van der Waals surface area contributed by atoms with E-state index in [0.717, 1.165) is 24.6 Å². The van der Waals surface area contributed by atoms with Crippen LogP contribution in [0.25, 0.3) is 0 Å². The molecule has 0 aliphatic heterocycles. The van der Waals surface area contributed by atoms with E-state index in [1.165, 1.54) is 25.7 Å². The van der Waals surface area contributed by atoms with Gasteiger partial charge in [-0.3, -0.25) is 0 Å². The van der Waals surface area contributed by atoms with Gasteiger partial charge in [-0.05, 0) is 31.6 Å². The summed E-state index contributed by atoms with van der Waals surface area (Å²) in [6.45, 7) is 3.44. The highest BCUT2D eigenvalue weighted by Gasteiger charge is 2.33. The highest BCUT2D eigenvalue weighted by molar-refractivity contribution is 7.09. The monoisotopic (exact) mass is 311 g/mol. The summed E-state index contributed by atoms with van der Waals surface area (Å²) in [4.78, 5) is 16.3. The summed E-state index contributed by atoms with van der Waals surface area (Å²) < 4.78 is 5.21. The smallest absolute Gasteiger partial charge is 0.315 e. The fraction of sp³-hybridized carbons (Fsp3) is 0.733. The molecule has 1 fully saturated rings. The lowest BCUT2D eigenvalue weighted by molar-refractivity contribution is 0.135. The normalized spacial score (nSPS) is 18.4. The highest BCUT2D eigenvalue weighted by atomic mass is 32.1. The quantitative estimate of drug-likeness (QED) is 0.813.